The summed E-state index contributed by atoms with van der Waals surface area (Å²) < 4.78 is 37.6. The van der Waals surface area contributed by atoms with Crippen molar-refractivity contribution in [1.29, 1.82) is 0 Å². The van der Waals surface area contributed by atoms with Crippen LogP contribution < -0.4 is 10.1 Å². The number of hydrogen-bond donors (Lipinski definition) is 2. The molecule has 0 bridgehead atoms. The Balaban J connectivity index is 1.22. The molecule has 1 aromatic heterocycles. The van der Waals surface area contributed by atoms with Crippen LogP contribution in [0.2, 0.25) is 0 Å². The van der Waals surface area contributed by atoms with Crippen LogP contribution in [0.4, 0.5) is 0 Å². The van der Waals surface area contributed by atoms with Gasteiger partial charge in [0, 0.05) is 46.7 Å². The zero-order chi connectivity index (χ0) is 26.5. The molecular formula is C28H29N3O5S2. The number of sulfonamides is 1. The van der Waals surface area contributed by atoms with Crippen molar-refractivity contribution in [2.24, 2.45) is 0 Å². The highest BCUT2D eigenvalue weighted by Crippen LogP contribution is 2.38. The van der Waals surface area contributed by atoms with Gasteiger partial charge in [0.25, 0.3) is 5.91 Å². The number of amides is 1. The zero-order valence-corrected chi connectivity index (χ0v) is 22.6. The Hall–Kier alpha value is -3.31. The van der Waals surface area contributed by atoms with Crippen molar-refractivity contribution >= 4 is 38.6 Å². The fourth-order valence-corrected chi connectivity index (χ4v) is 6.82. The van der Waals surface area contributed by atoms with Crippen LogP contribution in [0.25, 0.3) is 22.2 Å². The number of H-pyrrole nitrogens is 1. The Kier molecular flexibility index (Phi) is 8.04. The van der Waals surface area contributed by atoms with Crippen LogP contribution in [0.5, 0.6) is 5.75 Å². The number of aromatic amines is 1. The van der Waals surface area contributed by atoms with Gasteiger partial charge in [-0.05, 0) is 60.2 Å². The molecule has 0 atom stereocenters. The van der Waals surface area contributed by atoms with E-state index < -0.39 is 10.0 Å². The van der Waals surface area contributed by atoms with Crippen molar-refractivity contribution in [2.45, 2.75) is 9.79 Å². The molecule has 2 N–H and O–H groups in total. The van der Waals surface area contributed by atoms with Gasteiger partial charge >= 0.3 is 0 Å². The third kappa shape index (κ3) is 5.58. The van der Waals surface area contributed by atoms with Crippen LogP contribution in [0.3, 0.4) is 0 Å². The summed E-state index contributed by atoms with van der Waals surface area (Å²) in [5.74, 6) is 1.23. The summed E-state index contributed by atoms with van der Waals surface area (Å²) >= 11 is 1.67. The highest BCUT2D eigenvalue weighted by molar-refractivity contribution is 7.99. The molecule has 0 radical (unpaired) electrons. The molecule has 3 aromatic carbocycles. The number of ether oxygens (including phenoxy) is 2. The number of para-hydroxylation sites is 1. The van der Waals surface area contributed by atoms with Crippen molar-refractivity contribution in [3.8, 4) is 17.0 Å². The fourth-order valence-electron chi connectivity index (χ4n) is 4.36. The van der Waals surface area contributed by atoms with Gasteiger partial charge in [0.2, 0.25) is 10.0 Å². The molecule has 8 nitrogen and oxygen atoms in total. The Morgan fingerprint density at radius 2 is 1.74 bits per heavy atom. The van der Waals surface area contributed by atoms with Crippen molar-refractivity contribution < 1.29 is 22.7 Å². The first-order valence-electron chi connectivity index (χ1n) is 12.3. The number of carbonyl (C=O) groups is 1. The summed E-state index contributed by atoms with van der Waals surface area (Å²) in [6.07, 6.45) is 0. The van der Waals surface area contributed by atoms with Gasteiger partial charge in [-0.2, -0.15) is 4.31 Å². The maximum absolute atomic E-state index is 12.8. The number of rotatable bonds is 9. The molecule has 0 spiro atoms. The third-order valence-electron chi connectivity index (χ3n) is 6.40. The molecule has 1 fully saturated rings. The lowest BCUT2D eigenvalue weighted by Crippen LogP contribution is -2.40. The van der Waals surface area contributed by atoms with Crippen LogP contribution in [0.1, 0.15) is 10.4 Å². The Labute approximate surface area is 226 Å². The summed E-state index contributed by atoms with van der Waals surface area (Å²) in [4.78, 5) is 17.5. The van der Waals surface area contributed by atoms with E-state index in [1.807, 2.05) is 36.4 Å². The molecule has 0 aliphatic carbocycles. The molecule has 1 aliphatic heterocycles. The monoisotopic (exact) mass is 551 g/mol. The number of carbonyl (C=O) groups excluding carboxylic acids is 1. The number of nitrogens with zero attached hydrogens (tertiary/aromatic N) is 1. The van der Waals surface area contributed by atoms with Gasteiger partial charge in [-0.25, -0.2) is 8.42 Å². The van der Waals surface area contributed by atoms with Crippen LogP contribution in [0, 0.1) is 0 Å². The minimum atomic E-state index is -3.59. The van der Waals surface area contributed by atoms with E-state index in [0.29, 0.717) is 44.2 Å². The van der Waals surface area contributed by atoms with Gasteiger partial charge < -0.3 is 19.8 Å². The smallest absolute Gasteiger partial charge is 0.251 e. The van der Waals surface area contributed by atoms with Crippen molar-refractivity contribution in [1.82, 2.24) is 14.6 Å². The van der Waals surface area contributed by atoms with E-state index in [1.165, 1.54) is 16.4 Å². The highest BCUT2D eigenvalue weighted by atomic mass is 32.2. The SMILES string of the molecule is COc1ccc(-c2[nH]c3ccccc3c2SCCNC(=O)c2ccc(S(=O)(=O)N3CCOCC3)cc2)cc1. The van der Waals surface area contributed by atoms with E-state index in [1.54, 1.807) is 31.0 Å². The topological polar surface area (TPSA) is 101 Å². The van der Waals surface area contributed by atoms with E-state index >= 15 is 0 Å². The fraction of sp³-hybridized carbons (Fsp3) is 0.250. The van der Waals surface area contributed by atoms with Gasteiger partial charge in [0.15, 0.2) is 0 Å². The van der Waals surface area contributed by atoms with Crippen LogP contribution in [0.15, 0.2) is 82.6 Å². The van der Waals surface area contributed by atoms with E-state index in [-0.39, 0.29) is 10.8 Å². The lowest BCUT2D eigenvalue weighted by molar-refractivity contribution is 0.0730. The first-order chi connectivity index (χ1) is 18.5. The lowest BCUT2D eigenvalue weighted by Gasteiger charge is -2.26. The molecule has 0 saturated carbocycles. The van der Waals surface area contributed by atoms with Crippen molar-refractivity contribution in [3.63, 3.8) is 0 Å². The van der Waals surface area contributed by atoms with Crippen LogP contribution >= 0.6 is 11.8 Å². The van der Waals surface area contributed by atoms with Gasteiger partial charge in [0.05, 0.1) is 30.9 Å². The predicted molar refractivity (Wildman–Crippen MR) is 149 cm³/mol. The molecule has 1 aliphatic rings. The summed E-state index contributed by atoms with van der Waals surface area (Å²) in [6, 6.07) is 22.2. The molecule has 38 heavy (non-hydrogen) atoms. The number of thioether (sulfide) groups is 1. The lowest BCUT2D eigenvalue weighted by atomic mass is 10.1. The summed E-state index contributed by atoms with van der Waals surface area (Å²) in [6.45, 7) is 1.90. The number of nitrogens with one attached hydrogen (secondary N) is 2. The number of morpholine rings is 1. The average Bonchev–Trinajstić information content (AvgIpc) is 3.34. The maximum atomic E-state index is 12.8. The predicted octanol–water partition coefficient (Wildman–Crippen LogP) is 4.39. The van der Waals surface area contributed by atoms with Crippen molar-refractivity contribution in [2.75, 3.05) is 45.7 Å². The number of aromatic nitrogens is 1. The maximum Gasteiger partial charge on any atom is 0.251 e. The normalized spacial score (nSPS) is 14.4. The van der Waals surface area contributed by atoms with Crippen LogP contribution in [-0.4, -0.2) is 69.3 Å². The summed E-state index contributed by atoms with van der Waals surface area (Å²) in [7, 11) is -1.94. The van der Waals surface area contributed by atoms with Gasteiger partial charge in [-0.15, -0.1) is 11.8 Å². The number of hydrogen-bond acceptors (Lipinski definition) is 6. The van der Waals surface area contributed by atoms with E-state index in [4.69, 9.17) is 9.47 Å². The molecule has 4 aromatic rings. The Morgan fingerprint density at radius 3 is 2.45 bits per heavy atom. The van der Waals surface area contributed by atoms with Gasteiger partial charge in [0.1, 0.15) is 5.75 Å². The van der Waals surface area contributed by atoms with Gasteiger partial charge in [-0.3, -0.25) is 4.79 Å². The van der Waals surface area contributed by atoms with Gasteiger partial charge in [-0.1, -0.05) is 18.2 Å². The molecule has 1 amide bonds. The molecule has 10 heteroatoms. The average molecular weight is 552 g/mol. The number of benzene rings is 3. The molecule has 5 rings (SSSR count). The molecular weight excluding hydrogens is 522 g/mol. The standard InChI is InChI=1S/C28H29N3O5S2/c1-35-22-10-6-20(7-11-22)26-27(24-4-2-3-5-25(24)30-26)37-19-14-29-28(32)21-8-12-23(13-9-21)38(33,34)31-15-17-36-18-16-31/h2-13,30H,14-19H2,1H3,(H,29,32). The minimum absolute atomic E-state index is 0.178. The minimum Gasteiger partial charge on any atom is -0.497 e. The first kappa shape index (κ1) is 26.3. The molecule has 2 heterocycles. The second-order valence-corrected chi connectivity index (χ2v) is 11.8. The number of methoxy groups -OCH3 is 1. The second kappa shape index (κ2) is 11.6. The molecule has 1 saturated heterocycles. The quantitative estimate of drug-likeness (QED) is 0.237. The number of fused-ring (bicyclic) bond motifs is 1. The van der Waals surface area contributed by atoms with E-state index in [9.17, 15) is 13.2 Å². The highest BCUT2D eigenvalue weighted by Gasteiger charge is 2.26. The van der Waals surface area contributed by atoms with E-state index in [0.717, 1.165) is 32.8 Å². The molecule has 0 unspecified atom stereocenters. The Morgan fingerprint density at radius 1 is 1.03 bits per heavy atom. The zero-order valence-electron chi connectivity index (χ0n) is 21.0. The Bertz CT molecular complexity index is 1510. The van der Waals surface area contributed by atoms with Crippen LogP contribution in [-0.2, 0) is 14.8 Å². The summed E-state index contributed by atoms with van der Waals surface area (Å²) in [5, 5.41) is 4.07. The second-order valence-electron chi connectivity index (χ2n) is 8.75. The third-order valence-corrected chi connectivity index (χ3v) is 9.43. The van der Waals surface area contributed by atoms with Crippen molar-refractivity contribution in [3.05, 3.63) is 78.4 Å². The first-order valence-corrected chi connectivity index (χ1v) is 14.7. The molecule has 198 valence electrons. The largest absolute Gasteiger partial charge is 0.497 e. The summed E-state index contributed by atoms with van der Waals surface area (Å²) in [5.41, 5.74) is 3.56. The van der Waals surface area contributed by atoms with E-state index in [2.05, 4.69) is 22.4 Å².